The van der Waals surface area contributed by atoms with Crippen LogP contribution in [0.2, 0.25) is 0 Å². The van der Waals surface area contributed by atoms with Crippen LogP contribution in [-0.2, 0) is 13.0 Å². The molecule has 1 heterocycles. The van der Waals surface area contributed by atoms with Crippen molar-refractivity contribution in [3.8, 4) is 6.07 Å². The zero-order valence-corrected chi connectivity index (χ0v) is 12.2. The van der Waals surface area contributed by atoms with Crippen LogP contribution in [0.5, 0.6) is 0 Å². The lowest BCUT2D eigenvalue weighted by atomic mass is 10.1. The third kappa shape index (κ3) is 3.00. The molecule has 0 spiro atoms. The highest BCUT2D eigenvalue weighted by Gasteiger charge is 2.16. The fraction of sp³-hybridized carbons (Fsp3) is 0.375. The van der Waals surface area contributed by atoms with Crippen molar-refractivity contribution < 1.29 is 0 Å². The topological polar surface area (TPSA) is 67.6 Å². The molecule has 0 bridgehead atoms. The molecule has 2 N–H and O–H groups in total. The van der Waals surface area contributed by atoms with E-state index in [0.717, 1.165) is 17.7 Å². The molecule has 20 heavy (non-hydrogen) atoms. The van der Waals surface area contributed by atoms with Crippen molar-refractivity contribution in [3.63, 3.8) is 0 Å². The standard InChI is InChI=1S/C16H20N4/c1-11(2)7-15-14(9-17)16(18)20(19-15)10-13-6-4-5-12(3)8-13/h4-6,8,11H,7,10,18H2,1-3H3. The molecule has 0 amide bonds. The molecule has 4 nitrogen and oxygen atoms in total. The SMILES string of the molecule is Cc1cccc(Cn2nc(CC(C)C)c(C#N)c2N)c1. The van der Waals surface area contributed by atoms with Crippen molar-refractivity contribution in [2.45, 2.75) is 33.7 Å². The molecule has 2 rings (SSSR count). The van der Waals surface area contributed by atoms with E-state index in [9.17, 15) is 5.26 Å². The molecule has 0 radical (unpaired) electrons. The van der Waals surface area contributed by atoms with Crippen LogP contribution in [0.3, 0.4) is 0 Å². The van der Waals surface area contributed by atoms with Crippen molar-refractivity contribution in [1.29, 1.82) is 5.26 Å². The van der Waals surface area contributed by atoms with Gasteiger partial charge in [0.1, 0.15) is 17.5 Å². The minimum atomic E-state index is 0.448. The van der Waals surface area contributed by atoms with Crippen molar-refractivity contribution in [2.75, 3.05) is 5.73 Å². The van der Waals surface area contributed by atoms with Crippen molar-refractivity contribution in [1.82, 2.24) is 9.78 Å². The van der Waals surface area contributed by atoms with E-state index in [1.807, 2.05) is 12.1 Å². The molecule has 0 aliphatic heterocycles. The number of benzene rings is 1. The minimum Gasteiger partial charge on any atom is -0.383 e. The van der Waals surface area contributed by atoms with Crippen molar-refractivity contribution in [2.24, 2.45) is 5.92 Å². The maximum atomic E-state index is 9.25. The van der Waals surface area contributed by atoms with Gasteiger partial charge in [0.05, 0.1) is 12.2 Å². The number of rotatable bonds is 4. The summed E-state index contributed by atoms with van der Waals surface area (Å²) < 4.78 is 1.73. The lowest BCUT2D eigenvalue weighted by Crippen LogP contribution is -2.06. The maximum Gasteiger partial charge on any atom is 0.140 e. The lowest BCUT2D eigenvalue weighted by molar-refractivity contribution is 0.609. The molecule has 0 unspecified atom stereocenters. The number of hydrogen-bond acceptors (Lipinski definition) is 3. The van der Waals surface area contributed by atoms with E-state index in [0.29, 0.717) is 23.8 Å². The summed E-state index contributed by atoms with van der Waals surface area (Å²) in [5, 5.41) is 13.8. The molecule has 1 aromatic carbocycles. The Balaban J connectivity index is 2.33. The predicted molar refractivity (Wildman–Crippen MR) is 80.2 cm³/mol. The Hall–Kier alpha value is -2.28. The summed E-state index contributed by atoms with van der Waals surface area (Å²) in [5.41, 5.74) is 9.72. The third-order valence-electron chi connectivity index (χ3n) is 3.19. The zero-order chi connectivity index (χ0) is 14.7. The van der Waals surface area contributed by atoms with Gasteiger partial charge in [-0.05, 0) is 24.8 Å². The average molecular weight is 268 g/mol. The van der Waals surface area contributed by atoms with Crippen LogP contribution < -0.4 is 5.73 Å². The van der Waals surface area contributed by atoms with E-state index < -0.39 is 0 Å². The molecule has 2 aromatic rings. The summed E-state index contributed by atoms with van der Waals surface area (Å²) in [6, 6.07) is 10.4. The third-order valence-corrected chi connectivity index (χ3v) is 3.19. The Morgan fingerprint density at radius 1 is 1.40 bits per heavy atom. The number of nitrogens with two attached hydrogens (primary N) is 1. The molecule has 0 fully saturated rings. The van der Waals surface area contributed by atoms with Gasteiger partial charge in [0.25, 0.3) is 0 Å². The summed E-state index contributed by atoms with van der Waals surface area (Å²) in [4.78, 5) is 0. The Kier molecular flexibility index (Phi) is 4.09. The molecular formula is C16H20N4. The van der Waals surface area contributed by atoms with E-state index in [2.05, 4.69) is 44.1 Å². The van der Waals surface area contributed by atoms with Crippen molar-refractivity contribution >= 4 is 5.82 Å². The number of hydrogen-bond donors (Lipinski definition) is 1. The van der Waals surface area contributed by atoms with Crippen LogP contribution in [-0.4, -0.2) is 9.78 Å². The summed E-state index contributed by atoms with van der Waals surface area (Å²) in [5.74, 6) is 0.911. The van der Waals surface area contributed by atoms with Gasteiger partial charge in [-0.1, -0.05) is 43.7 Å². The monoisotopic (exact) mass is 268 g/mol. The molecular weight excluding hydrogens is 248 g/mol. The second kappa shape index (κ2) is 5.79. The number of aromatic nitrogens is 2. The Bertz CT molecular complexity index is 647. The molecule has 104 valence electrons. The van der Waals surface area contributed by atoms with E-state index in [-0.39, 0.29) is 0 Å². The quantitative estimate of drug-likeness (QED) is 0.927. The summed E-state index contributed by atoms with van der Waals surface area (Å²) in [6.45, 7) is 6.87. The molecule has 0 aliphatic carbocycles. The number of nitrogens with zero attached hydrogens (tertiary/aromatic N) is 3. The first kappa shape index (κ1) is 14.1. The zero-order valence-electron chi connectivity index (χ0n) is 12.2. The van der Waals surface area contributed by atoms with Crippen LogP contribution >= 0.6 is 0 Å². The normalized spacial score (nSPS) is 10.8. The summed E-state index contributed by atoms with van der Waals surface area (Å²) in [7, 11) is 0. The first-order valence-electron chi connectivity index (χ1n) is 6.82. The second-order valence-corrected chi connectivity index (χ2v) is 5.56. The molecule has 4 heteroatoms. The van der Waals surface area contributed by atoms with E-state index in [1.54, 1.807) is 4.68 Å². The van der Waals surface area contributed by atoms with Gasteiger partial charge >= 0.3 is 0 Å². The van der Waals surface area contributed by atoms with Gasteiger partial charge in [-0.25, -0.2) is 4.68 Å². The number of nitrogen functional groups attached to an aromatic ring is 1. The van der Waals surface area contributed by atoms with Gasteiger partial charge in [-0.2, -0.15) is 10.4 Å². The van der Waals surface area contributed by atoms with E-state index in [4.69, 9.17) is 5.73 Å². The number of anilines is 1. The van der Waals surface area contributed by atoms with Gasteiger partial charge in [0.15, 0.2) is 0 Å². The largest absolute Gasteiger partial charge is 0.383 e. The fourth-order valence-electron chi connectivity index (χ4n) is 2.28. The van der Waals surface area contributed by atoms with Crippen LogP contribution in [0.25, 0.3) is 0 Å². The highest BCUT2D eigenvalue weighted by Crippen LogP contribution is 2.20. The summed E-state index contributed by atoms with van der Waals surface area (Å²) >= 11 is 0. The molecule has 0 saturated heterocycles. The minimum absolute atomic E-state index is 0.448. The van der Waals surface area contributed by atoms with Crippen LogP contribution in [0, 0.1) is 24.2 Å². The number of aryl methyl sites for hydroxylation is 1. The fourth-order valence-corrected chi connectivity index (χ4v) is 2.28. The molecule has 1 aromatic heterocycles. The highest BCUT2D eigenvalue weighted by molar-refractivity contribution is 5.52. The first-order valence-corrected chi connectivity index (χ1v) is 6.82. The maximum absolute atomic E-state index is 9.25. The van der Waals surface area contributed by atoms with Gasteiger partial charge in [0.2, 0.25) is 0 Å². The summed E-state index contributed by atoms with van der Waals surface area (Å²) in [6.07, 6.45) is 0.772. The Labute approximate surface area is 119 Å². The van der Waals surface area contributed by atoms with Gasteiger partial charge in [0, 0.05) is 0 Å². The second-order valence-electron chi connectivity index (χ2n) is 5.56. The average Bonchev–Trinajstić information content (AvgIpc) is 2.64. The Morgan fingerprint density at radius 3 is 2.75 bits per heavy atom. The lowest BCUT2D eigenvalue weighted by Gasteiger charge is -2.05. The first-order chi connectivity index (χ1) is 9.51. The predicted octanol–water partition coefficient (Wildman–Crippen LogP) is 2.89. The smallest absolute Gasteiger partial charge is 0.140 e. The van der Waals surface area contributed by atoms with Crippen molar-refractivity contribution in [3.05, 3.63) is 46.6 Å². The van der Waals surface area contributed by atoms with E-state index >= 15 is 0 Å². The van der Waals surface area contributed by atoms with Crippen LogP contribution in [0.4, 0.5) is 5.82 Å². The van der Waals surface area contributed by atoms with Crippen LogP contribution in [0.15, 0.2) is 24.3 Å². The van der Waals surface area contributed by atoms with Gasteiger partial charge < -0.3 is 5.73 Å². The van der Waals surface area contributed by atoms with E-state index in [1.165, 1.54) is 5.56 Å². The van der Waals surface area contributed by atoms with Gasteiger partial charge in [-0.15, -0.1) is 0 Å². The molecule has 0 atom stereocenters. The highest BCUT2D eigenvalue weighted by atomic mass is 15.3. The molecule has 0 aliphatic rings. The van der Waals surface area contributed by atoms with Gasteiger partial charge in [-0.3, -0.25) is 0 Å². The molecule has 0 saturated carbocycles. The van der Waals surface area contributed by atoms with Crippen LogP contribution in [0.1, 0.15) is 36.2 Å². The number of nitriles is 1. The Morgan fingerprint density at radius 2 is 2.15 bits per heavy atom.